The van der Waals surface area contributed by atoms with Crippen LogP contribution in [0.25, 0.3) is 10.8 Å². The molecule has 1 aliphatic heterocycles. The summed E-state index contributed by atoms with van der Waals surface area (Å²) in [7, 11) is 1.52. The van der Waals surface area contributed by atoms with Gasteiger partial charge in [0.15, 0.2) is 0 Å². The summed E-state index contributed by atoms with van der Waals surface area (Å²) in [5.41, 5.74) is 2.56. The number of carbonyl (C=O) groups excluding carboxylic acids is 1. The summed E-state index contributed by atoms with van der Waals surface area (Å²) in [4.78, 5) is 21.1. The molecular formula is C45H58N2O10. The average molecular weight is 787 g/mol. The number of fused-ring (bicyclic) bond motifs is 3. The number of unbranched alkanes of at least 4 members (excludes halogenated alkanes) is 2. The largest absolute Gasteiger partial charge is 0.459 e. The lowest BCUT2D eigenvalue weighted by Gasteiger charge is -2.59. The molecular weight excluding hydrogens is 728 g/mol. The predicted octanol–water partition coefficient (Wildman–Crippen LogP) is 7.36. The third-order valence-corrected chi connectivity index (χ3v) is 11.4. The highest BCUT2D eigenvalue weighted by atomic mass is 16.7. The SMILES string of the molecule is C=CCOC12Oc3ccc(Oc4ccc5ccccc5c4)cc3C3C(CCCCO)C(CCCCO)C=C(C(=NOC)CC1N(CCOCCO)C(=O)OCC)C32. The summed E-state index contributed by atoms with van der Waals surface area (Å²) in [6.07, 6.45) is 8.26. The maximum Gasteiger partial charge on any atom is 0.410 e. The van der Waals surface area contributed by atoms with E-state index in [-0.39, 0.29) is 77.0 Å². The van der Waals surface area contributed by atoms with E-state index in [1.807, 2.05) is 42.5 Å². The van der Waals surface area contributed by atoms with Crippen LogP contribution in [0.4, 0.5) is 4.79 Å². The molecule has 6 unspecified atom stereocenters. The Balaban J connectivity index is 1.55. The van der Waals surface area contributed by atoms with Gasteiger partial charge in [-0.1, -0.05) is 60.5 Å². The zero-order valence-corrected chi connectivity index (χ0v) is 33.2. The summed E-state index contributed by atoms with van der Waals surface area (Å²) in [5, 5.41) is 35.9. The Bertz CT molecular complexity index is 1860. The topological polar surface area (TPSA) is 149 Å². The van der Waals surface area contributed by atoms with Crippen LogP contribution in [-0.2, 0) is 19.0 Å². The first-order valence-electron chi connectivity index (χ1n) is 20.3. The number of rotatable bonds is 21. The summed E-state index contributed by atoms with van der Waals surface area (Å²) >= 11 is 0. The maximum absolute atomic E-state index is 14.0. The van der Waals surface area contributed by atoms with Crippen molar-refractivity contribution in [2.45, 2.75) is 69.6 Å². The Labute approximate surface area is 335 Å². The molecule has 3 aliphatic rings. The number of nitrogens with zero attached hydrogens (tertiary/aromatic N) is 2. The molecule has 3 aromatic carbocycles. The summed E-state index contributed by atoms with van der Waals surface area (Å²) < 4.78 is 32.1. The molecule has 308 valence electrons. The molecule has 1 heterocycles. The molecule has 6 atom stereocenters. The van der Waals surface area contributed by atoms with Gasteiger partial charge in [-0.2, -0.15) is 0 Å². The van der Waals surface area contributed by atoms with Crippen molar-refractivity contribution in [1.82, 2.24) is 4.90 Å². The number of hydrogen-bond donors (Lipinski definition) is 3. The number of carbonyl (C=O) groups is 1. The van der Waals surface area contributed by atoms with Crippen LogP contribution in [0.2, 0.25) is 0 Å². The standard InChI is InChI=1S/C45H58N2O10/c1-4-24-55-45-41(47(44(51)54-5-2)20-25-53-26-23-50)30-39(46-52-3)37-28-33(14-8-10-21-48)36(15-9-11-22-49)42(43(37)45)38-29-35(18-19-40(38)57-45)56-34-17-16-31-12-6-7-13-32(31)27-34/h4,6-7,12-13,16-19,27-29,33,36,41-43,48-50H,1,5,8-11,14-15,20-26,30H2,2-3H3. The highest BCUT2D eigenvalue weighted by Gasteiger charge is 2.65. The maximum atomic E-state index is 14.0. The van der Waals surface area contributed by atoms with Crippen LogP contribution >= 0.6 is 0 Å². The normalized spacial score (nSPS) is 24.2. The molecule has 57 heavy (non-hydrogen) atoms. The van der Waals surface area contributed by atoms with Gasteiger partial charge in [-0.3, -0.25) is 4.90 Å². The number of aliphatic hydroxyl groups is 3. The molecule has 0 aromatic heterocycles. The first-order valence-corrected chi connectivity index (χ1v) is 20.3. The fourth-order valence-electron chi connectivity index (χ4n) is 9.10. The van der Waals surface area contributed by atoms with Crippen molar-refractivity contribution in [3.8, 4) is 17.2 Å². The van der Waals surface area contributed by atoms with E-state index in [0.717, 1.165) is 47.6 Å². The van der Waals surface area contributed by atoms with Crippen LogP contribution in [0.3, 0.4) is 0 Å². The zero-order valence-electron chi connectivity index (χ0n) is 33.2. The van der Waals surface area contributed by atoms with E-state index in [4.69, 9.17) is 28.5 Å². The van der Waals surface area contributed by atoms with Crippen LogP contribution < -0.4 is 9.47 Å². The second kappa shape index (κ2) is 20.3. The van der Waals surface area contributed by atoms with E-state index >= 15 is 0 Å². The van der Waals surface area contributed by atoms with Crippen LogP contribution in [0.1, 0.15) is 63.4 Å². The summed E-state index contributed by atoms with van der Waals surface area (Å²) in [5.74, 6) is 0.00776. The van der Waals surface area contributed by atoms with Gasteiger partial charge in [0.05, 0.1) is 44.7 Å². The van der Waals surface area contributed by atoms with Gasteiger partial charge in [0.1, 0.15) is 30.4 Å². The van der Waals surface area contributed by atoms with Crippen molar-refractivity contribution in [2.75, 3.05) is 59.9 Å². The van der Waals surface area contributed by atoms with Crippen molar-refractivity contribution in [2.24, 2.45) is 22.9 Å². The van der Waals surface area contributed by atoms with E-state index in [0.29, 0.717) is 35.8 Å². The van der Waals surface area contributed by atoms with Gasteiger partial charge in [0, 0.05) is 37.7 Å². The van der Waals surface area contributed by atoms with E-state index in [2.05, 4.69) is 36.0 Å². The van der Waals surface area contributed by atoms with Crippen LogP contribution in [0, 0.1) is 17.8 Å². The Morgan fingerprint density at radius 3 is 2.46 bits per heavy atom. The lowest BCUT2D eigenvalue weighted by Crippen LogP contribution is -2.70. The Morgan fingerprint density at radius 1 is 0.965 bits per heavy atom. The van der Waals surface area contributed by atoms with E-state index in [9.17, 15) is 20.1 Å². The number of oxime groups is 1. The minimum absolute atomic E-state index is 0.0562. The molecule has 1 saturated carbocycles. The van der Waals surface area contributed by atoms with Crippen molar-refractivity contribution < 1.29 is 48.6 Å². The van der Waals surface area contributed by atoms with Crippen molar-refractivity contribution in [1.29, 1.82) is 0 Å². The third-order valence-electron chi connectivity index (χ3n) is 11.4. The number of aliphatic hydroxyl groups excluding tert-OH is 3. The molecule has 12 heteroatoms. The average Bonchev–Trinajstić information content (AvgIpc) is 3.22. The summed E-state index contributed by atoms with van der Waals surface area (Å²) in [6.45, 7) is 6.48. The van der Waals surface area contributed by atoms with E-state index in [1.165, 1.54) is 7.11 Å². The monoisotopic (exact) mass is 786 g/mol. The van der Waals surface area contributed by atoms with Crippen molar-refractivity contribution in [3.63, 3.8) is 0 Å². The smallest absolute Gasteiger partial charge is 0.410 e. The molecule has 0 spiro atoms. The van der Waals surface area contributed by atoms with Gasteiger partial charge in [-0.25, -0.2) is 4.79 Å². The fraction of sp³-hybridized carbons (Fsp3) is 0.511. The molecule has 3 aromatic rings. The second-order valence-corrected chi connectivity index (χ2v) is 14.8. The van der Waals surface area contributed by atoms with Gasteiger partial charge in [0.25, 0.3) is 0 Å². The quantitative estimate of drug-likeness (QED) is 0.0568. The Kier molecular flexibility index (Phi) is 15.0. The van der Waals surface area contributed by atoms with Crippen LogP contribution in [0.5, 0.6) is 17.2 Å². The van der Waals surface area contributed by atoms with Gasteiger partial charge in [-0.15, -0.1) is 6.58 Å². The number of amides is 1. The van der Waals surface area contributed by atoms with Crippen molar-refractivity contribution in [3.05, 3.63) is 90.5 Å². The Hall–Kier alpha value is -4.46. The third kappa shape index (κ3) is 9.31. The van der Waals surface area contributed by atoms with Gasteiger partial charge >= 0.3 is 6.09 Å². The number of hydrogen-bond acceptors (Lipinski definition) is 11. The predicted molar refractivity (Wildman–Crippen MR) is 218 cm³/mol. The molecule has 0 radical (unpaired) electrons. The lowest BCUT2D eigenvalue weighted by atomic mass is 9.55. The summed E-state index contributed by atoms with van der Waals surface area (Å²) in [6, 6.07) is 19.4. The molecule has 6 rings (SSSR count). The zero-order chi connectivity index (χ0) is 40.2. The fourth-order valence-corrected chi connectivity index (χ4v) is 9.10. The van der Waals surface area contributed by atoms with Gasteiger partial charge < -0.3 is 43.8 Å². The minimum atomic E-state index is -1.43. The molecule has 12 nitrogen and oxygen atoms in total. The van der Waals surface area contributed by atoms with Crippen LogP contribution in [-0.4, -0.2) is 104 Å². The van der Waals surface area contributed by atoms with Gasteiger partial charge in [-0.05, 0) is 91.1 Å². The highest BCUT2D eigenvalue weighted by Crippen LogP contribution is 2.62. The number of allylic oxidation sites excluding steroid dienone is 1. The van der Waals surface area contributed by atoms with Gasteiger partial charge in [0.2, 0.25) is 5.79 Å². The minimum Gasteiger partial charge on any atom is -0.459 e. The molecule has 1 amide bonds. The van der Waals surface area contributed by atoms with E-state index in [1.54, 1.807) is 17.9 Å². The number of benzene rings is 3. The molecule has 1 fully saturated rings. The highest BCUT2D eigenvalue weighted by molar-refractivity contribution is 6.03. The van der Waals surface area contributed by atoms with Crippen LogP contribution in [0.15, 0.2) is 90.1 Å². The number of ether oxygens (including phenoxy) is 5. The lowest BCUT2D eigenvalue weighted by molar-refractivity contribution is -0.256. The van der Waals surface area contributed by atoms with Crippen molar-refractivity contribution >= 4 is 22.6 Å². The molecule has 0 saturated heterocycles. The second-order valence-electron chi connectivity index (χ2n) is 14.8. The molecule has 3 N–H and O–H groups in total. The first kappa shape index (κ1) is 42.2. The van der Waals surface area contributed by atoms with E-state index < -0.39 is 23.8 Å². The molecule has 2 aliphatic carbocycles. The first-order chi connectivity index (χ1) is 27.9. The molecule has 0 bridgehead atoms. The Morgan fingerprint density at radius 2 is 1.72 bits per heavy atom.